The van der Waals surface area contributed by atoms with Crippen molar-refractivity contribution in [1.29, 1.82) is 0 Å². The van der Waals surface area contributed by atoms with Crippen LogP contribution in [0.15, 0.2) is 42.5 Å². The molecule has 3 aromatic rings. The van der Waals surface area contributed by atoms with Crippen LogP contribution in [0.25, 0.3) is 11.3 Å². The monoisotopic (exact) mass is 699 g/mol. The van der Waals surface area contributed by atoms with Gasteiger partial charge in [-0.25, -0.2) is 4.79 Å². The van der Waals surface area contributed by atoms with Gasteiger partial charge in [0, 0.05) is 111 Å². The number of nitrogens with two attached hydrogens (primary N) is 1. The Labute approximate surface area is 299 Å². The normalized spacial score (nSPS) is 19.2. The number of hydrogen-bond donors (Lipinski definition) is 1. The zero-order valence-electron chi connectivity index (χ0n) is 28.2. The van der Waals surface area contributed by atoms with Crippen molar-refractivity contribution in [2.45, 2.75) is 64.2 Å². The molecule has 3 saturated heterocycles. The number of aryl methyl sites for hydroxylation is 1. The van der Waals surface area contributed by atoms with Crippen LogP contribution in [0.2, 0.25) is 5.02 Å². The van der Waals surface area contributed by atoms with Crippen molar-refractivity contribution in [1.82, 2.24) is 29.4 Å². The van der Waals surface area contributed by atoms with Gasteiger partial charge < -0.3 is 20.4 Å². The van der Waals surface area contributed by atoms with Crippen molar-refractivity contribution in [3.63, 3.8) is 0 Å². The first-order valence-corrected chi connectivity index (χ1v) is 19.3. The highest BCUT2D eigenvalue weighted by Crippen LogP contribution is 2.32. The van der Waals surface area contributed by atoms with E-state index >= 15 is 0 Å². The molecule has 11 heteroatoms. The lowest BCUT2D eigenvalue weighted by Crippen LogP contribution is -2.45. The molecule has 0 unspecified atom stereocenters. The summed E-state index contributed by atoms with van der Waals surface area (Å²) in [6.45, 7) is 9.16. The maximum Gasteiger partial charge on any atom is 0.315 e. The molecule has 0 bridgehead atoms. The van der Waals surface area contributed by atoms with Crippen LogP contribution < -0.4 is 5.73 Å². The Kier molecular flexibility index (Phi) is 10.8. The number of likely N-dealkylation sites (tertiary alicyclic amines) is 2. The smallest absolute Gasteiger partial charge is 0.315 e. The second-order valence-corrected chi connectivity index (χ2v) is 15.3. The number of primary amides is 1. The number of aromatic nitrogens is 2. The first-order chi connectivity index (χ1) is 23.9. The fraction of sp³-hybridized carbons (Fsp3) is 0.500. The molecule has 1 aromatic heterocycles. The fourth-order valence-electron chi connectivity index (χ4n) is 7.67. The Balaban J connectivity index is 1.03. The van der Waals surface area contributed by atoms with E-state index in [1.54, 1.807) is 4.90 Å². The standard InChI is InChI=1S/C38H46ClN7O2S/c39-34-11-10-31(37-33-27-44(38(40)48)20-14-35(33)46(41-37)17-2-15-42-21-23-49-24-22-42)25-30(34)9-8-28-4-6-29(7-5-28)26-43-18-12-32(13-19-43)45-16-1-3-36(45)47/h4-7,10-11,25,32H,1-3,12-24,26-27H2,(H2,40,48). The molecule has 2 N–H and O–H groups in total. The lowest BCUT2D eigenvalue weighted by Gasteiger charge is -2.36. The van der Waals surface area contributed by atoms with E-state index < -0.39 is 6.03 Å². The lowest BCUT2D eigenvalue weighted by molar-refractivity contribution is -0.130. The molecule has 0 radical (unpaired) electrons. The zero-order valence-corrected chi connectivity index (χ0v) is 29.8. The maximum absolute atomic E-state index is 12.2. The Bertz CT molecular complexity index is 1720. The molecule has 4 aliphatic rings. The van der Waals surface area contributed by atoms with Gasteiger partial charge in [0.2, 0.25) is 5.91 Å². The van der Waals surface area contributed by atoms with Crippen LogP contribution in [-0.4, -0.2) is 105 Å². The SMILES string of the molecule is NC(=O)N1CCc2c(c(-c3ccc(Cl)c(C#Cc4ccc(CN5CCC(N6CCCC6=O)CC5)cc4)c3)nn2CCCN2CCSCC2)C1. The number of hydrogen-bond acceptors (Lipinski definition) is 6. The lowest BCUT2D eigenvalue weighted by atomic mass is 9.99. The van der Waals surface area contributed by atoms with Crippen LogP contribution in [0.4, 0.5) is 4.79 Å². The van der Waals surface area contributed by atoms with Crippen molar-refractivity contribution in [3.8, 4) is 23.1 Å². The van der Waals surface area contributed by atoms with Crippen molar-refractivity contribution >= 4 is 35.3 Å². The summed E-state index contributed by atoms with van der Waals surface area (Å²) < 4.78 is 2.15. The molecule has 258 valence electrons. The average Bonchev–Trinajstić information content (AvgIpc) is 3.72. The third-order valence-corrected chi connectivity index (χ3v) is 11.7. The topological polar surface area (TPSA) is 90.9 Å². The summed E-state index contributed by atoms with van der Waals surface area (Å²) in [5.74, 6) is 9.38. The minimum absolute atomic E-state index is 0.336. The van der Waals surface area contributed by atoms with E-state index in [4.69, 9.17) is 22.4 Å². The zero-order chi connectivity index (χ0) is 33.7. The predicted octanol–water partition coefficient (Wildman–Crippen LogP) is 5.07. The van der Waals surface area contributed by atoms with E-state index in [2.05, 4.69) is 55.5 Å². The first kappa shape index (κ1) is 34.0. The number of rotatable bonds is 8. The van der Waals surface area contributed by atoms with Gasteiger partial charge in [0.1, 0.15) is 0 Å². The second-order valence-electron chi connectivity index (χ2n) is 13.7. The van der Waals surface area contributed by atoms with E-state index in [0.29, 0.717) is 30.1 Å². The first-order valence-electron chi connectivity index (χ1n) is 17.8. The summed E-state index contributed by atoms with van der Waals surface area (Å²) in [7, 11) is 0. The highest BCUT2D eigenvalue weighted by atomic mass is 35.5. The van der Waals surface area contributed by atoms with Crippen LogP contribution in [0.1, 0.15) is 60.1 Å². The van der Waals surface area contributed by atoms with Crippen molar-refractivity contribution in [2.75, 3.05) is 57.3 Å². The summed E-state index contributed by atoms with van der Waals surface area (Å²) >= 11 is 8.70. The number of nitrogens with zero attached hydrogens (tertiary/aromatic N) is 6. The van der Waals surface area contributed by atoms with Crippen LogP contribution in [-0.2, 0) is 30.8 Å². The summed E-state index contributed by atoms with van der Waals surface area (Å²) in [5.41, 5.74) is 12.7. The second kappa shape index (κ2) is 15.6. The summed E-state index contributed by atoms with van der Waals surface area (Å²) in [5, 5.41) is 5.71. The number of piperidine rings is 1. The van der Waals surface area contributed by atoms with Crippen LogP contribution in [0.3, 0.4) is 0 Å². The van der Waals surface area contributed by atoms with Gasteiger partial charge in [0.25, 0.3) is 0 Å². The Morgan fingerprint density at radius 1 is 0.939 bits per heavy atom. The van der Waals surface area contributed by atoms with Crippen LogP contribution in [0, 0.1) is 11.8 Å². The fourth-order valence-corrected chi connectivity index (χ4v) is 8.81. The molecule has 0 spiro atoms. The third kappa shape index (κ3) is 8.12. The molecular formula is C38H46ClN7O2S. The van der Waals surface area contributed by atoms with Gasteiger partial charge in [0.05, 0.1) is 17.3 Å². The number of amides is 3. The Morgan fingerprint density at radius 2 is 1.73 bits per heavy atom. The number of benzene rings is 2. The molecule has 9 nitrogen and oxygen atoms in total. The molecule has 49 heavy (non-hydrogen) atoms. The molecular weight excluding hydrogens is 654 g/mol. The average molecular weight is 700 g/mol. The van der Waals surface area contributed by atoms with E-state index in [1.165, 1.54) is 22.8 Å². The summed E-state index contributed by atoms with van der Waals surface area (Å²) in [4.78, 5) is 33.1. The van der Waals surface area contributed by atoms with Crippen molar-refractivity contribution < 1.29 is 9.59 Å². The molecule has 0 aliphatic carbocycles. The highest BCUT2D eigenvalue weighted by Gasteiger charge is 2.31. The number of fused-ring (bicyclic) bond motifs is 1. The van der Waals surface area contributed by atoms with Crippen LogP contribution >= 0.6 is 23.4 Å². The van der Waals surface area contributed by atoms with Crippen molar-refractivity contribution in [3.05, 3.63) is 75.4 Å². The molecule has 0 saturated carbocycles. The number of thioether (sulfide) groups is 1. The molecule has 5 heterocycles. The largest absolute Gasteiger partial charge is 0.351 e. The summed E-state index contributed by atoms with van der Waals surface area (Å²) in [6.07, 6.45) is 5.61. The van der Waals surface area contributed by atoms with Crippen LogP contribution in [0.5, 0.6) is 0 Å². The van der Waals surface area contributed by atoms with Gasteiger partial charge in [-0.1, -0.05) is 41.6 Å². The number of carbonyl (C=O) groups excluding carboxylic acids is 2. The Morgan fingerprint density at radius 3 is 2.47 bits per heavy atom. The van der Waals surface area contributed by atoms with E-state index in [1.807, 2.05) is 30.0 Å². The van der Waals surface area contributed by atoms with E-state index in [-0.39, 0.29) is 0 Å². The molecule has 3 amide bonds. The minimum Gasteiger partial charge on any atom is -0.351 e. The summed E-state index contributed by atoms with van der Waals surface area (Å²) in [6, 6.07) is 14.4. The van der Waals surface area contributed by atoms with Gasteiger partial charge in [-0.3, -0.25) is 14.4 Å². The number of halogens is 1. The molecule has 3 fully saturated rings. The third-order valence-electron chi connectivity index (χ3n) is 10.4. The molecule has 4 aliphatic heterocycles. The van der Waals surface area contributed by atoms with Gasteiger partial charge in [-0.2, -0.15) is 16.9 Å². The molecule has 2 aromatic carbocycles. The minimum atomic E-state index is -0.402. The van der Waals surface area contributed by atoms with Gasteiger partial charge in [-0.05, 0) is 62.1 Å². The Hall–Kier alpha value is -3.49. The molecule has 0 atom stereocenters. The van der Waals surface area contributed by atoms with Gasteiger partial charge in [-0.15, -0.1) is 0 Å². The van der Waals surface area contributed by atoms with Gasteiger partial charge in [0.15, 0.2) is 0 Å². The molecule has 7 rings (SSSR count). The van der Waals surface area contributed by atoms with E-state index in [9.17, 15) is 9.59 Å². The number of urea groups is 1. The highest BCUT2D eigenvalue weighted by molar-refractivity contribution is 7.99. The van der Waals surface area contributed by atoms with E-state index in [0.717, 1.165) is 119 Å². The quantitative estimate of drug-likeness (QED) is 0.331. The maximum atomic E-state index is 12.2. The number of carbonyl (C=O) groups is 2. The van der Waals surface area contributed by atoms with Crippen molar-refractivity contribution in [2.24, 2.45) is 5.73 Å². The predicted molar refractivity (Wildman–Crippen MR) is 196 cm³/mol. The van der Waals surface area contributed by atoms with Gasteiger partial charge >= 0.3 is 6.03 Å².